The maximum atomic E-state index is 14.0. The van der Waals surface area contributed by atoms with Crippen molar-refractivity contribution in [2.24, 2.45) is 23.3 Å². The van der Waals surface area contributed by atoms with Gasteiger partial charge in [-0.05, 0) is 97.9 Å². The average molecular weight is 991 g/mol. The van der Waals surface area contributed by atoms with Gasteiger partial charge in [-0.2, -0.15) is 0 Å². The minimum absolute atomic E-state index is 0.0806. The molecule has 4 amide bonds. The number of aromatic amines is 2. The van der Waals surface area contributed by atoms with E-state index in [0.29, 0.717) is 125 Å². The van der Waals surface area contributed by atoms with Gasteiger partial charge in [0.25, 0.3) is 11.1 Å². The third-order valence-corrected chi connectivity index (χ3v) is 15.8. The van der Waals surface area contributed by atoms with Crippen molar-refractivity contribution in [3.8, 4) is 0 Å². The van der Waals surface area contributed by atoms with Gasteiger partial charge in [0, 0.05) is 98.3 Å². The van der Waals surface area contributed by atoms with Crippen LogP contribution in [0.25, 0.3) is 0 Å². The number of unbranched alkanes of at least 4 members (excludes halogenated alkanes) is 5. The molecule has 0 radical (unpaired) electrons. The number of amides is 4. The summed E-state index contributed by atoms with van der Waals surface area (Å²) in [6.45, 7) is 10.9. The number of pyridine rings is 2. The molecule has 4 aromatic rings. The Bertz CT molecular complexity index is 2550. The summed E-state index contributed by atoms with van der Waals surface area (Å²) < 4.78 is 27.0. The number of carbonyl (C=O) groups excluding carboxylic acids is 4. The number of H-pyrrole nitrogens is 2. The molecule has 0 unspecified atom stereocenters. The molecule has 8 rings (SSSR count). The van der Waals surface area contributed by atoms with Crippen LogP contribution >= 0.6 is 0 Å². The second kappa shape index (κ2) is 22.0. The van der Waals surface area contributed by atoms with Crippen molar-refractivity contribution in [3.05, 3.63) is 127 Å². The average Bonchev–Trinajstić information content (AvgIpc) is 3.78. The normalized spacial score (nSPS) is 18.5. The van der Waals surface area contributed by atoms with Crippen LogP contribution < -0.4 is 32.4 Å². The maximum Gasteiger partial charge on any atom is 0.251 e. The van der Waals surface area contributed by atoms with E-state index >= 15 is 0 Å². The zero-order chi connectivity index (χ0) is 51.5. The molecule has 4 aliphatic rings. The Kier molecular flexibility index (Phi) is 16.0. The molecular formula is C56H72F2N8O6. The van der Waals surface area contributed by atoms with Gasteiger partial charge in [-0.1, -0.05) is 77.6 Å². The minimum Gasteiger partial charge on any atom is -0.343 e. The van der Waals surface area contributed by atoms with E-state index in [1.54, 1.807) is 46.2 Å². The molecule has 6 heterocycles. The van der Waals surface area contributed by atoms with Gasteiger partial charge in [0.2, 0.25) is 23.6 Å². The fourth-order valence-electron chi connectivity index (χ4n) is 11.4. The van der Waals surface area contributed by atoms with Crippen LogP contribution in [0.5, 0.6) is 0 Å². The summed E-state index contributed by atoms with van der Waals surface area (Å²) in [4.78, 5) is 93.8. The summed E-state index contributed by atoms with van der Waals surface area (Å²) in [5.41, 5.74) is 17.2. The first-order valence-electron chi connectivity index (χ1n) is 26.0. The number of hydrogen-bond donors (Lipinski definition) is 4. The summed E-state index contributed by atoms with van der Waals surface area (Å²) in [6.07, 6.45) is 9.51. The van der Waals surface area contributed by atoms with Crippen molar-refractivity contribution in [3.63, 3.8) is 0 Å². The molecule has 14 nitrogen and oxygen atoms in total. The second-order valence-electron chi connectivity index (χ2n) is 22.1. The molecular weight excluding hydrogens is 919 g/mol. The number of fused-ring (bicyclic) bond motifs is 2. The van der Waals surface area contributed by atoms with Gasteiger partial charge in [0.1, 0.15) is 11.6 Å². The smallest absolute Gasteiger partial charge is 0.251 e. The number of piperidine rings is 2. The number of anilines is 2. The summed E-state index contributed by atoms with van der Waals surface area (Å²) in [5, 5.41) is 0. The third-order valence-electron chi connectivity index (χ3n) is 15.8. The highest BCUT2D eigenvalue weighted by atomic mass is 19.1. The molecule has 386 valence electrons. The van der Waals surface area contributed by atoms with E-state index in [4.69, 9.17) is 11.5 Å². The highest BCUT2D eigenvalue weighted by Gasteiger charge is 2.44. The fraction of sp³-hybridized carbons (Fsp3) is 0.536. The van der Waals surface area contributed by atoms with Crippen molar-refractivity contribution < 1.29 is 28.0 Å². The molecule has 2 saturated heterocycles. The molecule has 0 aliphatic carbocycles. The van der Waals surface area contributed by atoms with Crippen LogP contribution in [0, 0.1) is 23.5 Å². The lowest BCUT2D eigenvalue weighted by atomic mass is 9.88. The molecule has 2 aromatic heterocycles. The topological polar surface area (TPSA) is 199 Å². The molecule has 2 atom stereocenters. The van der Waals surface area contributed by atoms with Gasteiger partial charge < -0.3 is 41.0 Å². The van der Waals surface area contributed by atoms with E-state index in [1.807, 2.05) is 37.5 Å². The SMILES string of the molecule is CC1(C)CN(C(=O)[C@@H](N)C2CCN(C(=O)CCCCCCCCC(=O)N3CCC([C@H](N)C(=O)N4CC(C)(C)c5[nH]c(=O)c(Cc6ccc(F)cc6)cc54)CC3)CC2)c2cc(Cc3ccc(F)cc3)c(=O)[nH]c21. The number of nitrogens with one attached hydrogen (secondary N) is 2. The van der Waals surface area contributed by atoms with E-state index in [0.717, 1.165) is 49.7 Å². The molecule has 2 aromatic carbocycles. The Morgan fingerprint density at radius 3 is 1.25 bits per heavy atom. The Labute approximate surface area is 420 Å². The van der Waals surface area contributed by atoms with Crippen molar-refractivity contribution in [2.45, 2.75) is 141 Å². The number of rotatable bonds is 17. The predicted octanol–water partition coefficient (Wildman–Crippen LogP) is 6.72. The van der Waals surface area contributed by atoms with Gasteiger partial charge in [0.05, 0.1) is 23.5 Å². The number of nitrogens with zero attached hydrogens (tertiary/aromatic N) is 4. The maximum absolute atomic E-state index is 14.0. The number of likely N-dealkylation sites (tertiary alicyclic amines) is 2. The van der Waals surface area contributed by atoms with Crippen molar-refractivity contribution in [1.82, 2.24) is 19.8 Å². The number of nitrogens with two attached hydrogens (primary N) is 2. The lowest BCUT2D eigenvalue weighted by Gasteiger charge is -2.35. The molecule has 6 N–H and O–H groups in total. The van der Waals surface area contributed by atoms with E-state index in [9.17, 15) is 37.5 Å². The summed E-state index contributed by atoms with van der Waals surface area (Å²) >= 11 is 0. The highest BCUT2D eigenvalue weighted by Crippen LogP contribution is 2.41. The molecule has 4 aliphatic heterocycles. The van der Waals surface area contributed by atoms with Crippen molar-refractivity contribution in [2.75, 3.05) is 49.1 Å². The Hall–Kier alpha value is -6.00. The largest absolute Gasteiger partial charge is 0.343 e. The van der Waals surface area contributed by atoms with Crippen LogP contribution in [-0.2, 0) is 42.8 Å². The molecule has 0 spiro atoms. The fourth-order valence-corrected chi connectivity index (χ4v) is 11.4. The van der Waals surface area contributed by atoms with E-state index in [2.05, 4.69) is 9.97 Å². The number of aromatic nitrogens is 2. The van der Waals surface area contributed by atoms with Crippen LogP contribution in [0.4, 0.5) is 20.2 Å². The summed E-state index contributed by atoms with van der Waals surface area (Å²) in [6, 6.07) is 14.1. The third kappa shape index (κ3) is 11.8. The number of halogens is 2. The van der Waals surface area contributed by atoms with Crippen molar-refractivity contribution >= 4 is 35.0 Å². The van der Waals surface area contributed by atoms with E-state index < -0.39 is 22.9 Å². The zero-order valence-corrected chi connectivity index (χ0v) is 42.4. The van der Waals surface area contributed by atoms with Crippen LogP contribution in [0.3, 0.4) is 0 Å². The van der Waals surface area contributed by atoms with Gasteiger partial charge in [0.15, 0.2) is 0 Å². The van der Waals surface area contributed by atoms with Crippen LogP contribution in [-0.4, -0.2) is 94.7 Å². The summed E-state index contributed by atoms with van der Waals surface area (Å²) in [7, 11) is 0. The zero-order valence-electron chi connectivity index (χ0n) is 42.4. The first kappa shape index (κ1) is 52.3. The van der Waals surface area contributed by atoms with Gasteiger partial charge >= 0.3 is 0 Å². The molecule has 0 bridgehead atoms. The Morgan fingerprint density at radius 2 is 0.903 bits per heavy atom. The number of hydrogen-bond acceptors (Lipinski definition) is 8. The Balaban J connectivity index is 0.703. The molecule has 72 heavy (non-hydrogen) atoms. The van der Waals surface area contributed by atoms with E-state index in [1.165, 1.54) is 24.3 Å². The molecule has 0 saturated carbocycles. The monoisotopic (exact) mass is 991 g/mol. The number of carbonyl (C=O) groups is 4. The number of benzene rings is 2. The lowest BCUT2D eigenvalue weighted by molar-refractivity contribution is -0.134. The Morgan fingerprint density at radius 1 is 0.569 bits per heavy atom. The molecule has 2 fully saturated rings. The highest BCUT2D eigenvalue weighted by molar-refractivity contribution is 6.00. The van der Waals surface area contributed by atoms with Crippen LogP contribution in [0.15, 0.2) is 70.3 Å². The lowest BCUT2D eigenvalue weighted by Crippen LogP contribution is -2.51. The van der Waals surface area contributed by atoms with Gasteiger partial charge in [-0.3, -0.25) is 28.8 Å². The first-order valence-corrected chi connectivity index (χ1v) is 26.0. The minimum atomic E-state index is -0.748. The van der Waals surface area contributed by atoms with Gasteiger partial charge in [-0.15, -0.1) is 0 Å². The van der Waals surface area contributed by atoms with Crippen LogP contribution in [0.2, 0.25) is 0 Å². The predicted molar refractivity (Wildman–Crippen MR) is 275 cm³/mol. The van der Waals surface area contributed by atoms with Crippen molar-refractivity contribution in [1.29, 1.82) is 0 Å². The first-order chi connectivity index (χ1) is 34.3. The quantitative estimate of drug-likeness (QED) is 0.0836. The molecule has 16 heteroatoms. The summed E-state index contributed by atoms with van der Waals surface area (Å²) in [5.74, 6) is -1.01. The second-order valence-corrected chi connectivity index (χ2v) is 22.1. The van der Waals surface area contributed by atoms with Crippen LogP contribution in [0.1, 0.15) is 138 Å². The van der Waals surface area contributed by atoms with E-state index in [-0.39, 0.29) is 58.2 Å². The standard InChI is InChI=1S/C56H72F2N8O6/c1-55(2)33-65(43-31-39(51(69)61-49(43)55)29-35-13-17-41(57)18-14-35)53(71)47(59)37-21-25-63(26-22-37)45(67)11-9-7-5-6-8-10-12-46(68)64-27-23-38(24-28-64)48(60)54(72)66-34-56(3,4)50-44(66)32-40(52(70)62-50)30-36-15-19-42(58)20-16-36/h13-20,31-32,37-38,47-48H,5-12,21-30,33-34,59-60H2,1-4H3,(H,61,69)(H,62,70)/t47-,48-/m0/s1. The van der Waals surface area contributed by atoms with Gasteiger partial charge in [-0.25, -0.2) is 8.78 Å².